The van der Waals surface area contributed by atoms with Crippen molar-refractivity contribution < 1.29 is 22.8 Å². The smallest absolute Gasteiger partial charge is 0.282 e. The van der Waals surface area contributed by atoms with E-state index >= 15 is 0 Å². The summed E-state index contributed by atoms with van der Waals surface area (Å²) in [6, 6.07) is 14.1. The molecule has 0 fully saturated rings. The fraction of sp³-hybridized carbons (Fsp3) is 0. The van der Waals surface area contributed by atoms with Crippen LogP contribution < -0.4 is 10.2 Å². The summed E-state index contributed by atoms with van der Waals surface area (Å²) >= 11 is 5.91. The molecule has 1 aliphatic heterocycles. The molecule has 8 heteroatoms. The summed E-state index contributed by atoms with van der Waals surface area (Å²) < 4.78 is 40.2. The summed E-state index contributed by atoms with van der Waals surface area (Å²) in [4.78, 5) is 27.1. The number of carbonyl (C=O) groups excluding carboxylic acids is 2. The van der Waals surface area contributed by atoms with Crippen LogP contribution in [0.4, 0.5) is 24.5 Å². The van der Waals surface area contributed by atoms with E-state index in [1.807, 2.05) is 0 Å². The molecule has 1 N–H and O–H groups in total. The molecular weight excluding hydrogens is 417 g/mol. The number of anilines is 2. The molecule has 1 aliphatic rings. The monoisotopic (exact) mass is 428 g/mol. The van der Waals surface area contributed by atoms with Gasteiger partial charge in [0, 0.05) is 16.8 Å². The number of carbonyl (C=O) groups is 2. The number of nitrogens with zero attached hydrogens (tertiary/aromatic N) is 1. The van der Waals surface area contributed by atoms with Gasteiger partial charge in [0.15, 0.2) is 11.6 Å². The predicted octanol–water partition coefficient (Wildman–Crippen LogP) is 5.15. The summed E-state index contributed by atoms with van der Waals surface area (Å²) in [5.74, 6) is -4.06. The van der Waals surface area contributed by atoms with E-state index in [-0.39, 0.29) is 22.6 Å². The first-order chi connectivity index (χ1) is 14.3. The third kappa shape index (κ3) is 3.55. The van der Waals surface area contributed by atoms with Gasteiger partial charge < -0.3 is 5.32 Å². The lowest BCUT2D eigenvalue weighted by atomic mass is 10.0. The Hall–Kier alpha value is -3.58. The van der Waals surface area contributed by atoms with Crippen LogP contribution in [0.3, 0.4) is 0 Å². The Kier molecular flexibility index (Phi) is 5.05. The van der Waals surface area contributed by atoms with Gasteiger partial charge in [-0.05, 0) is 54.1 Å². The van der Waals surface area contributed by atoms with Crippen molar-refractivity contribution in [2.45, 2.75) is 0 Å². The topological polar surface area (TPSA) is 49.4 Å². The fourth-order valence-corrected chi connectivity index (χ4v) is 3.20. The Morgan fingerprint density at radius 1 is 0.767 bits per heavy atom. The number of amides is 2. The Morgan fingerprint density at radius 2 is 1.43 bits per heavy atom. The zero-order valence-corrected chi connectivity index (χ0v) is 15.9. The number of hydrogen-bond acceptors (Lipinski definition) is 3. The van der Waals surface area contributed by atoms with Gasteiger partial charge in [-0.25, -0.2) is 18.1 Å². The van der Waals surface area contributed by atoms with Crippen LogP contribution in [0.15, 0.2) is 72.4 Å². The summed E-state index contributed by atoms with van der Waals surface area (Å²) in [7, 11) is 0. The average molecular weight is 429 g/mol. The molecule has 0 saturated heterocycles. The van der Waals surface area contributed by atoms with E-state index in [1.54, 1.807) is 24.3 Å². The summed E-state index contributed by atoms with van der Waals surface area (Å²) in [5.41, 5.74) is 0.535. The molecule has 0 spiro atoms. The van der Waals surface area contributed by atoms with Crippen LogP contribution in [0.1, 0.15) is 5.56 Å². The lowest BCUT2D eigenvalue weighted by Crippen LogP contribution is -2.32. The zero-order chi connectivity index (χ0) is 21.4. The van der Waals surface area contributed by atoms with E-state index in [0.717, 1.165) is 29.2 Å². The number of imide groups is 1. The molecule has 0 atom stereocenters. The average Bonchev–Trinajstić information content (AvgIpc) is 2.96. The number of halogens is 4. The zero-order valence-electron chi connectivity index (χ0n) is 15.1. The van der Waals surface area contributed by atoms with Crippen LogP contribution in [0, 0.1) is 17.5 Å². The van der Waals surface area contributed by atoms with Gasteiger partial charge in [-0.3, -0.25) is 9.59 Å². The third-order valence-electron chi connectivity index (χ3n) is 4.49. The lowest BCUT2D eigenvalue weighted by Gasteiger charge is -2.15. The van der Waals surface area contributed by atoms with Crippen LogP contribution in [-0.4, -0.2) is 11.8 Å². The molecule has 3 aromatic carbocycles. The summed E-state index contributed by atoms with van der Waals surface area (Å²) in [6.45, 7) is 0. The molecule has 0 radical (unpaired) electrons. The quantitative estimate of drug-likeness (QED) is 0.584. The molecule has 0 bridgehead atoms. The van der Waals surface area contributed by atoms with Crippen molar-refractivity contribution in [3.63, 3.8) is 0 Å². The van der Waals surface area contributed by atoms with E-state index in [4.69, 9.17) is 11.6 Å². The maximum atomic E-state index is 13.6. The molecule has 0 aromatic heterocycles. The highest BCUT2D eigenvalue weighted by molar-refractivity contribution is 6.46. The number of hydrogen-bond donors (Lipinski definition) is 1. The standard InChI is InChI=1S/C22H12ClF3N2O2/c23-13-3-1-12(2-4-13)19-20(27-15-7-10-17(25)18(26)11-15)22(30)28(21(19)29)16-8-5-14(24)6-9-16/h1-11,27H. The van der Waals surface area contributed by atoms with Crippen LogP contribution in [0.2, 0.25) is 5.02 Å². The van der Waals surface area contributed by atoms with Gasteiger partial charge in [-0.1, -0.05) is 23.7 Å². The summed E-state index contributed by atoms with van der Waals surface area (Å²) in [5, 5.41) is 3.15. The van der Waals surface area contributed by atoms with Crippen LogP contribution >= 0.6 is 11.6 Å². The molecule has 2 amide bonds. The van der Waals surface area contributed by atoms with Crippen molar-refractivity contribution in [1.29, 1.82) is 0 Å². The van der Waals surface area contributed by atoms with Crippen molar-refractivity contribution in [3.05, 3.63) is 100 Å². The third-order valence-corrected chi connectivity index (χ3v) is 4.74. The van der Waals surface area contributed by atoms with E-state index in [9.17, 15) is 22.8 Å². The first-order valence-corrected chi connectivity index (χ1v) is 9.09. The minimum absolute atomic E-state index is 0.0192. The van der Waals surface area contributed by atoms with Crippen LogP contribution in [0.5, 0.6) is 0 Å². The molecule has 150 valence electrons. The summed E-state index contributed by atoms with van der Waals surface area (Å²) in [6.07, 6.45) is 0. The van der Waals surface area contributed by atoms with Gasteiger partial charge in [0.25, 0.3) is 11.8 Å². The molecule has 0 saturated carbocycles. The van der Waals surface area contributed by atoms with E-state index < -0.39 is 29.3 Å². The molecule has 0 unspecified atom stereocenters. The Morgan fingerprint density at radius 3 is 2.07 bits per heavy atom. The molecule has 1 heterocycles. The minimum Gasteiger partial charge on any atom is -0.350 e. The van der Waals surface area contributed by atoms with Crippen molar-refractivity contribution >= 4 is 40.4 Å². The first kappa shape index (κ1) is 19.7. The fourth-order valence-electron chi connectivity index (χ4n) is 3.07. The van der Waals surface area contributed by atoms with Crippen molar-refractivity contribution in [2.75, 3.05) is 10.2 Å². The molecule has 4 rings (SSSR count). The number of nitrogens with one attached hydrogen (secondary N) is 1. The minimum atomic E-state index is -1.11. The van der Waals surface area contributed by atoms with Gasteiger partial charge in [0.05, 0.1) is 11.3 Å². The van der Waals surface area contributed by atoms with Gasteiger partial charge in [-0.2, -0.15) is 0 Å². The van der Waals surface area contributed by atoms with Crippen molar-refractivity contribution in [1.82, 2.24) is 0 Å². The Balaban J connectivity index is 1.82. The number of rotatable bonds is 4. The first-order valence-electron chi connectivity index (χ1n) is 8.72. The van der Waals surface area contributed by atoms with Crippen LogP contribution in [-0.2, 0) is 9.59 Å². The maximum absolute atomic E-state index is 13.6. The SMILES string of the molecule is O=C1C(Nc2ccc(F)c(F)c2)=C(c2ccc(Cl)cc2)C(=O)N1c1ccc(F)cc1. The molecule has 4 nitrogen and oxygen atoms in total. The molecular formula is C22H12ClF3N2O2. The lowest BCUT2D eigenvalue weighted by molar-refractivity contribution is -0.120. The van der Waals surface area contributed by atoms with E-state index in [1.165, 1.54) is 18.2 Å². The van der Waals surface area contributed by atoms with Gasteiger partial charge in [-0.15, -0.1) is 0 Å². The van der Waals surface area contributed by atoms with Crippen molar-refractivity contribution in [2.24, 2.45) is 0 Å². The second-order valence-corrected chi connectivity index (χ2v) is 6.87. The Bertz CT molecular complexity index is 1190. The van der Waals surface area contributed by atoms with E-state index in [2.05, 4.69) is 5.32 Å². The highest BCUT2D eigenvalue weighted by Crippen LogP contribution is 2.34. The highest BCUT2D eigenvalue weighted by atomic mass is 35.5. The largest absolute Gasteiger partial charge is 0.350 e. The van der Waals surface area contributed by atoms with Gasteiger partial charge in [0.1, 0.15) is 11.5 Å². The number of benzene rings is 3. The predicted molar refractivity (Wildman–Crippen MR) is 107 cm³/mol. The normalized spacial score (nSPS) is 13.9. The van der Waals surface area contributed by atoms with Gasteiger partial charge in [0.2, 0.25) is 0 Å². The Labute approximate surface area is 174 Å². The van der Waals surface area contributed by atoms with Crippen molar-refractivity contribution in [3.8, 4) is 0 Å². The molecule has 3 aromatic rings. The highest BCUT2D eigenvalue weighted by Gasteiger charge is 2.40. The van der Waals surface area contributed by atoms with E-state index in [0.29, 0.717) is 10.6 Å². The molecule has 30 heavy (non-hydrogen) atoms. The maximum Gasteiger partial charge on any atom is 0.282 e. The molecule has 0 aliphatic carbocycles. The van der Waals surface area contributed by atoms with Crippen LogP contribution in [0.25, 0.3) is 5.57 Å². The second kappa shape index (κ2) is 7.68. The van der Waals surface area contributed by atoms with Gasteiger partial charge >= 0.3 is 0 Å². The second-order valence-electron chi connectivity index (χ2n) is 6.43.